The van der Waals surface area contributed by atoms with Crippen LogP contribution in [-0.2, 0) is 0 Å². The van der Waals surface area contributed by atoms with E-state index in [-0.39, 0.29) is 5.02 Å². The van der Waals surface area contributed by atoms with E-state index in [1.54, 1.807) is 0 Å². The highest BCUT2D eigenvalue weighted by Crippen LogP contribution is 2.46. The van der Waals surface area contributed by atoms with Gasteiger partial charge in [0.15, 0.2) is 0 Å². The lowest BCUT2D eigenvalue weighted by Crippen LogP contribution is -1.80. The molecule has 0 bridgehead atoms. The van der Waals surface area contributed by atoms with Crippen LogP contribution in [0.5, 0.6) is 0 Å². The molecule has 0 aromatic heterocycles. The smallest absolute Gasteiger partial charge is 0.0802 e. The monoisotopic (exact) mass is 370 g/mol. The molecule has 0 saturated carbocycles. The summed E-state index contributed by atoms with van der Waals surface area (Å²) < 4.78 is 1.07. The fraction of sp³-hybridized carbons (Fsp3) is 0. The summed E-state index contributed by atoms with van der Waals surface area (Å²) in [5.41, 5.74) is 0. The lowest BCUT2D eigenvalue weighted by molar-refractivity contribution is 1.59. The summed E-state index contributed by atoms with van der Waals surface area (Å²) in [6.07, 6.45) is 0. The summed E-state index contributed by atoms with van der Waals surface area (Å²) in [5, 5.41) is 1.32. The summed E-state index contributed by atoms with van der Waals surface area (Å²) in [4.78, 5) is 0. The topological polar surface area (TPSA) is 0 Å². The maximum atomic E-state index is 5.84. The second-order valence-corrected chi connectivity index (χ2v) is 4.98. The number of hydrogen-bond donors (Lipinski definition) is 0. The summed E-state index contributed by atoms with van der Waals surface area (Å²) in [6.45, 7) is 0. The Bertz CT molecular complexity index is 232. The fourth-order valence-corrected chi connectivity index (χ4v) is 2.77. The van der Waals surface area contributed by atoms with Crippen LogP contribution in [0.3, 0.4) is 0 Å². The molecule has 0 N–H and O–H groups in total. The minimum absolute atomic E-state index is 0.279. The van der Waals surface area contributed by atoms with E-state index in [1.807, 2.05) is 0 Å². The molecule has 12 heavy (non-hydrogen) atoms. The van der Waals surface area contributed by atoms with Crippen molar-refractivity contribution in [2.75, 3.05) is 0 Å². The highest BCUT2D eigenvalue weighted by molar-refractivity contribution is 9.11. The fourth-order valence-electron chi connectivity index (χ4n) is 0.578. The molecule has 0 nitrogen and oxygen atoms in total. The van der Waals surface area contributed by atoms with E-state index in [2.05, 4.69) is 31.9 Å². The van der Waals surface area contributed by atoms with Gasteiger partial charge in [0.1, 0.15) is 0 Å². The van der Waals surface area contributed by atoms with Gasteiger partial charge in [0.05, 0.1) is 29.0 Å². The number of benzene rings is 1. The lowest BCUT2D eigenvalue weighted by Gasteiger charge is -2.06. The van der Waals surface area contributed by atoms with Crippen molar-refractivity contribution in [3.8, 4) is 0 Å². The Morgan fingerprint density at radius 1 is 0.583 bits per heavy atom. The first-order valence-corrected chi connectivity index (χ1v) is 5.73. The van der Waals surface area contributed by atoms with Crippen molar-refractivity contribution in [3.63, 3.8) is 0 Å². The Labute approximate surface area is 106 Å². The van der Waals surface area contributed by atoms with E-state index in [1.165, 1.54) is 0 Å². The minimum atomic E-state index is 0.279. The molecular weight excluding hydrogens is 374 g/mol. The van der Waals surface area contributed by atoms with Crippen molar-refractivity contribution in [3.05, 3.63) is 29.0 Å². The molecule has 0 saturated heterocycles. The third-order valence-electron chi connectivity index (χ3n) is 1.16. The predicted molar refractivity (Wildman–Crippen MR) is 61.9 cm³/mol. The third kappa shape index (κ3) is 1.89. The van der Waals surface area contributed by atoms with Crippen LogP contribution in [0, 0.1) is 0 Å². The predicted octanol–water partition coefficient (Wildman–Crippen LogP) is 5.83. The van der Waals surface area contributed by atoms with Crippen molar-refractivity contribution in [2.45, 2.75) is 0 Å². The maximum absolute atomic E-state index is 5.84. The Morgan fingerprint density at radius 3 is 1.25 bits per heavy atom. The van der Waals surface area contributed by atoms with Crippen molar-refractivity contribution in [1.82, 2.24) is 0 Å². The molecule has 0 spiro atoms. The van der Waals surface area contributed by atoms with Crippen LogP contribution >= 0.6 is 78.3 Å². The van der Waals surface area contributed by atoms with E-state index in [0.717, 1.165) is 0 Å². The van der Waals surface area contributed by atoms with Crippen LogP contribution in [0.2, 0.25) is 20.1 Å². The summed E-state index contributed by atoms with van der Waals surface area (Å²) in [5.74, 6) is 0. The van der Waals surface area contributed by atoms with Gasteiger partial charge in [-0.25, -0.2) is 0 Å². The van der Waals surface area contributed by atoms with Gasteiger partial charge in [-0.3, -0.25) is 0 Å². The molecule has 1 aromatic carbocycles. The highest BCUT2D eigenvalue weighted by Gasteiger charge is 2.16. The molecule has 0 unspecified atom stereocenters. The molecule has 6 heteroatoms. The van der Waals surface area contributed by atoms with Crippen LogP contribution in [0.4, 0.5) is 0 Å². The molecule has 0 aliphatic carbocycles. The molecule has 0 aliphatic rings. The van der Waals surface area contributed by atoms with Gasteiger partial charge in [-0.2, -0.15) is 0 Å². The van der Waals surface area contributed by atoms with E-state index in [9.17, 15) is 0 Å². The van der Waals surface area contributed by atoms with Crippen LogP contribution in [0.1, 0.15) is 0 Å². The third-order valence-corrected chi connectivity index (χ3v) is 5.36. The van der Waals surface area contributed by atoms with Crippen molar-refractivity contribution < 1.29 is 0 Å². The minimum Gasteiger partial charge on any atom is -0.0818 e. The van der Waals surface area contributed by atoms with Gasteiger partial charge in [-0.1, -0.05) is 46.4 Å². The highest BCUT2D eigenvalue weighted by atomic mass is 79.9. The SMILES string of the molecule is Clc1c(Cl)c(Br)c(Cl)c(Br)c1Cl. The second-order valence-electron chi connectivity index (χ2n) is 1.88. The van der Waals surface area contributed by atoms with Crippen LogP contribution in [0.25, 0.3) is 0 Å². The quantitative estimate of drug-likeness (QED) is 0.397. The zero-order valence-electron chi connectivity index (χ0n) is 5.27. The van der Waals surface area contributed by atoms with Gasteiger partial charge < -0.3 is 0 Å². The summed E-state index contributed by atoms with van der Waals surface area (Å²) >= 11 is 29.6. The van der Waals surface area contributed by atoms with Crippen molar-refractivity contribution >= 4 is 78.3 Å². The van der Waals surface area contributed by atoms with Crippen LogP contribution in [0.15, 0.2) is 8.95 Å². The van der Waals surface area contributed by atoms with Gasteiger partial charge in [-0.15, -0.1) is 0 Å². The number of hydrogen-bond acceptors (Lipinski definition) is 0. The Hall–Kier alpha value is 1.34. The first kappa shape index (κ1) is 11.4. The molecule has 0 atom stereocenters. The lowest BCUT2D eigenvalue weighted by atomic mass is 10.3. The average molecular weight is 374 g/mol. The molecular formula is C6Br2Cl4. The van der Waals surface area contributed by atoms with Gasteiger partial charge in [0.25, 0.3) is 0 Å². The zero-order chi connectivity index (χ0) is 9.46. The molecule has 0 radical (unpaired) electrons. The molecule has 0 fully saturated rings. The summed E-state index contributed by atoms with van der Waals surface area (Å²) in [6, 6.07) is 0. The average Bonchev–Trinajstić information content (AvgIpc) is 2.08. The largest absolute Gasteiger partial charge is 0.0818 e. The summed E-state index contributed by atoms with van der Waals surface area (Å²) in [7, 11) is 0. The van der Waals surface area contributed by atoms with Crippen LogP contribution in [-0.4, -0.2) is 0 Å². The maximum Gasteiger partial charge on any atom is 0.0802 e. The zero-order valence-corrected chi connectivity index (χ0v) is 11.5. The number of halogens is 6. The molecule has 1 rings (SSSR count). The first-order valence-electron chi connectivity index (χ1n) is 2.63. The van der Waals surface area contributed by atoms with E-state index >= 15 is 0 Å². The van der Waals surface area contributed by atoms with E-state index < -0.39 is 0 Å². The van der Waals surface area contributed by atoms with Gasteiger partial charge in [0.2, 0.25) is 0 Å². The van der Waals surface area contributed by atoms with Gasteiger partial charge >= 0.3 is 0 Å². The molecule has 0 amide bonds. The Balaban J connectivity index is 3.60. The molecule has 0 aliphatic heterocycles. The van der Waals surface area contributed by atoms with E-state index in [0.29, 0.717) is 24.0 Å². The van der Waals surface area contributed by atoms with Crippen molar-refractivity contribution in [1.29, 1.82) is 0 Å². The number of rotatable bonds is 0. The Kier molecular flexibility index (Phi) is 4.04. The standard InChI is InChI=1S/C6Br2Cl4/c7-1-3(9)2(8)5(11)6(12)4(1)10. The molecule has 1 aromatic rings. The van der Waals surface area contributed by atoms with E-state index in [4.69, 9.17) is 46.4 Å². The van der Waals surface area contributed by atoms with Crippen LogP contribution < -0.4 is 0 Å². The molecule has 0 heterocycles. The first-order chi connectivity index (χ1) is 5.46. The van der Waals surface area contributed by atoms with Gasteiger partial charge in [-0.05, 0) is 31.9 Å². The Morgan fingerprint density at radius 2 is 0.917 bits per heavy atom. The normalized spacial score (nSPS) is 10.5. The van der Waals surface area contributed by atoms with Gasteiger partial charge in [0, 0.05) is 0 Å². The second kappa shape index (κ2) is 4.24. The van der Waals surface area contributed by atoms with Crippen molar-refractivity contribution in [2.24, 2.45) is 0 Å². The molecule has 66 valence electrons.